The zero-order chi connectivity index (χ0) is 11.9. The molecular formula is C8H16N2O5. The van der Waals surface area contributed by atoms with E-state index in [0.29, 0.717) is 0 Å². The predicted octanol–water partition coefficient (Wildman–Crippen LogP) is -3.05. The average molecular weight is 220 g/mol. The maximum absolute atomic E-state index is 11.2. The number of amides is 2. The molecule has 0 saturated carbocycles. The van der Waals surface area contributed by atoms with Crippen LogP contribution in [0.1, 0.15) is 6.42 Å². The molecule has 15 heavy (non-hydrogen) atoms. The average Bonchev–Trinajstić information content (AvgIpc) is 2.26. The number of hydrogen-bond donors (Lipinski definition) is 5. The van der Waals surface area contributed by atoms with Gasteiger partial charge in [0.25, 0.3) is 0 Å². The first-order valence-electron chi connectivity index (χ1n) is 4.37. The second-order valence-electron chi connectivity index (χ2n) is 3.15. The normalized spacial score (nSPS) is 10.9. The molecule has 0 atom stereocenters. The second kappa shape index (κ2) is 6.33. The summed E-state index contributed by atoms with van der Waals surface area (Å²) in [6.45, 7) is -1.83. The summed E-state index contributed by atoms with van der Waals surface area (Å²) in [5.41, 5.74) is -1.48. The summed E-state index contributed by atoms with van der Waals surface area (Å²) in [7, 11) is 1.38. The van der Waals surface area contributed by atoms with E-state index in [-0.39, 0.29) is 0 Å². The van der Waals surface area contributed by atoms with E-state index in [4.69, 9.17) is 15.3 Å². The molecule has 0 heterocycles. The van der Waals surface area contributed by atoms with E-state index >= 15 is 0 Å². The summed E-state index contributed by atoms with van der Waals surface area (Å²) in [5.74, 6) is -1.17. The van der Waals surface area contributed by atoms with Crippen LogP contribution < -0.4 is 10.6 Å². The number of hydrogen-bond acceptors (Lipinski definition) is 5. The van der Waals surface area contributed by atoms with E-state index in [9.17, 15) is 9.59 Å². The van der Waals surface area contributed by atoms with Crippen molar-refractivity contribution in [2.24, 2.45) is 0 Å². The minimum Gasteiger partial charge on any atom is -0.394 e. The van der Waals surface area contributed by atoms with Gasteiger partial charge in [-0.3, -0.25) is 9.59 Å². The van der Waals surface area contributed by atoms with Crippen LogP contribution in [0.5, 0.6) is 0 Å². The Morgan fingerprint density at radius 1 is 1.07 bits per heavy atom. The van der Waals surface area contributed by atoms with Crippen molar-refractivity contribution < 1.29 is 24.9 Å². The van der Waals surface area contributed by atoms with Crippen molar-refractivity contribution in [2.45, 2.75) is 12.0 Å². The van der Waals surface area contributed by atoms with Crippen LogP contribution in [0.4, 0.5) is 0 Å². The van der Waals surface area contributed by atoms with E-state index in [2.05, 4.69) is 10.6 Å². The first-order chi connectivity index (χ1) is 7.03. The summed E-state index contributed by atoms with van der Waals surface area (Å²) < 4.78 is 0. The van der Waals surface area contributed by atoms with Crippen molar-refractivity contribution in [3.63, 3.8) is 0 Å². The fraction of sp³-hybridized carbons (Fsp3) is 0.750. The predicted molar refractivity (Wildman–Crippen MR) is 50.8 cm³/mol. The fourth-order valence-corrected chi connectivity index (χ4v) is 0.843. The lowest BCUT2D eigenvalue weighted by molar-refractivity contribution is -0.131. The molecule has 0 saturated heterocycles. The highest BCUT2D eigenvalue weighted by Gasteiger charge is 2.30. The first-order valence-corrected chi connectivity index (χ1v) is 4.37. The standard InChI is InChI=1S/C8H16N2O5/c1-9-6(14)2-7(15)10-8(3-11,4-12)5-13/h11-13H,2-5H2,1H3,(H,9,14)(H,10,15). The van der Waals surface area contributed by atoms with Crippen LogP contribution in [0.25, 0.3) is 0 Å². The molecule has 88 valence electrons. The van der Waals surface area contributed by atoms with Crippen molar-refractivity contribution in [1.29, 1.82) is 0 Å². The molecule has 0 spiro atoms. The number of carbonyl (C=O) groups is 2. The molecule has 0 unspecified atom stereocenters. The van der Waals surface area contributed by atoms with E-state index in [1.165, 1.54) is 7.05 Å². The quantitative estimate of drug-likeness (QED) is 0.305. The number of rotatable bonds is 6. The molecule has 0 bridgehead atoms. The topological polar surface area (TPSA) is 119 Å². The van der Waals surface area contributed by atoms with Gasteiger partial charge in [-0.25, -0.2) is 0 Å². The largest absolute Gasteiger partial charge is 0.394 e. The van der Waals surface area contributed by atoms with Gasteiger partial charge in [0.15, 0.2) is 0 Å². The van der Waals surface area contributed by atoms with Crippen LogP contribution in [0.15, 0.2) is 0 Å². The summed E-state index contributed by atoms with van der Waals surface area (Å²) in [4.78, 5) is 22.0. The van der Waals surface area contributed by atoms with Gasteiger partial charge >= 0.3 is 0 Å². The third-order valence-electron chi connectivity index (χ3n) is 1.91. The highest BCUT2D eigenvalue weighted by Crippen LogP contribution is 2.01. The van der Waals surface area contributed by atoms with Crippen molar-refractivity contribution in [1.82, 2.24) is 10.6 Å². The second-order valence-corrected chi connectivity index (χ2v) is 3.15. The van der Waals surface area contributed by atoms with E-state index in [0.717, 1.165) is 0 Å². The molecule has 0 aliphatic heterocycles. The van der Waals surface area contributed by atoms with Gasteiger partial charge in [-0.15, -0.1) is 0 Å². The Kier molecular flexibility index (Phi) is 5.83. The summed E-state index contributed by atoms with van der Waals surface area (Å²) in [5, 5.41) is 31.1. The Hall–Kier alpha value is -1.18. The minimum atomic E-state index is -1.48. The third kappa shape index (κ3) is 4.24. The van der Waals surface area contributed by atoms with Crippen LogP contribution >= 0.6 is 0 Å². The van der Waals surface area contributed by atoms with Crippen LogP contribution in [-0.4, -0.2) is 59.5 Å². The molecule has 2 amide bonds. The van der Waals surface area contributed by atoms with Crippen LogP contribution in [0.2, 0.25) is 0 Å². The van der Waals surface area contributed by atoms with Gasteiger partial charge in [-0.1, -0.05) is 0 Å². The van der Waals surface area contributed by atoms with Gasteiger partial charge in [0.1, 0.15) is 12.0 Å². The fourth-order valence-electron chi connectivity index (χ4n) is 0.843. The molecule has 7 heteroatoms. The molecule has 0 aromatic carbocycles. The lowest BCUT2D eigenvalue weighted by Crippen LogP contribution is -2.57. The zero-order valence-electron chi connectivity index (χ0n) is 8.49. The van der Waals surface area contributed by atoms with Gasteiger partial charge < -0.3 is 26.0 Å². The zero-order valence-corrected chi connectivity index (χ0v) is 8.49. The molecular weight excluding hydrogens is 204 g/mol. The van der Waals surface area contributed by atoms with Crippen molar-refractivity contribution in [3.05, 3.63) is 0 Å². The summed E-state index contributed by atoms with van der Waals surface area (Å²) >= 11 is 0. The smallest absolute Gasteiger partial charge is 0.230 e. The number of carbonyl (C=O) groups excluding carboxylic acids is 2. The van der Waals surface area contributed by atoms with Gasteiger partial charge in [-0.2, -0.15) is 0 Å². The molecule has 0 rings (SSSR count). The van der Waals surface area contributed by atoms with Crippen LogP contribution in [0.3, 0.4) is 0 Å². The first kappa shape index (κ1) is 13.8. The van der Waals surface area contributed by atoms with Crippen LogP contribution in [0, 0.1) is 0 Å². The maximum Gasteiger partial charge on any atom is 0.230 e. The van der Waals surface area contributed by atoms with Gasteiger partial charge in [-0.05, 0) is 0 Å². The molecule has 0 fully saturated rings. The number of aliphatic hydroxyl groups excluding tert-OH is 3. The Morgan fingerprint density at radius 3 is 1.87 bits per heavy atom. The highest BCUT2D eigenvalue weighted by molar-refractivity contribution is 5.97. The lowest BCUT2D eigenvalue weighted by Gasteiger charge is -2.28. The van der Waals surface area contributed by atoms with Crippen molar-refractivity contribution in [3.8, 4) is 0 Å². The monoisotopic (exact) mass is 220 g/mol. The lowest BCUT2D eigenvalue weighted by atomic mass is 10.0. The Morgan fingerprint density at radius 2 is 1.53 bits per heavy atom. The van der Waals surface area contributed by atoms with Crippen molar-refractivity contribution >= 4 is 11.8 Å². The third-order valence-corrected chi connectivity index (χ3v) is 1.91. The minimum absolute atomic E-state index is 0.418. The Bertz CT molecular complexity index is 219. The van der Waals surface area contributed by atoms with Gasteiger partial charge in [0.05, 0.1) is 19.8 Å². The van der Waals surface area contributed by atoms with Crippen molar-refractivity contribution in [2.75, 3.05) is 26.9 Å². The highest BCUT2D eigenvalue weighted by atomic mass is 16.3. The summed E-state index contributed by atoms with van der Waals surface area (Å²) in [6, 6.07) is 0. The molecule has 0 radical (unpaired) electrons. The molecule has 0 aromatic rings. The van der Waals surface area contributed by atoms with E-state index < -0.39 is 43.6 Å². The molecule has 5 N–H and O–H groups in total. The Balaban J connectivity index is 4.29. The van der Waals surface area contributed by atoms with Gasteiger partial charge in [0.2, 0.25) is 11.8 Å². The number of nitrogens with one attached hydrogen (secondary N) is 2. The van der Waals surface area contributed by atoms with Gasteiger partial charge in [0, 0.05) is 7.05 Å². The SMILES string of the molecule is CNC(=O)CC(=O)NC(CO)(CO)CO. The molecule has 7 nitrogen and oxygen atoms in total. The molecule has 0 aliphatic carbocycles. The van der Waals surface area contributed by atoms with Crippen LogP contribution in [-0.2, 0) is 9.59 Å². The molecule has 0 aromatic heterocycles. The number of aliphatic hydroxyl groups is 3. The Labute approximate surface area is 87.1 Å². The maximum atomic E-state index is 11.2. The van der Waals surface area contributed by atoms with E-state index in [1.807, 2.05) is 0 Å². The van der Waals surface area contributed by atoms with E-state index in [1.54, 1.807) is 0 Å². The summed E-state index contributed by atoms with van der Waals surface area (Å²) in [6.07, 6.45) is -0.418. The molecule has 0 aliphatic rings.